The molecule has 2 rings (SSSR count). The van der Waals surface area contributed by atoms with Gasteiger partial charge in [0.25, 0.3) is 0 Å². The maximum atomic E-state index is 4.82. The summed E-state index contributed by atoms with van der Waals surface area (Å²) in [5.41, 5.74) is 0.259. The number of hydrogen-bond donors (Lipinski definition) is 0. The zero-order valence-electron chi connectivity index (χ0n) is 16.7. The van der Waals surface area contributed by atoms with Crippen molar-refractivity contribution >= 4 is 22.0 Å². The molecule has 0 spiro atoms. The smallest absolute Gasteiger partial charge is 1.00 e. The fraction of sp³-hybridized carbons (Fsp3) is 0.706. The van der Waals surface area contributed by atoms with Crippen LogP contribution in [0.5, 0.6) is 0 Å². The van der Waals surface area contributed by atoms with Crippen molar-refractivity contribution < 1.29 is 47.8 Å². The first-order chi connectivity index (χ1) is 9.91. The molecular formula is C17H35Cl2HfNSi3-2. The summed E-state index contributed by atoms with van der Waals surface area (Å²) in [6.45, 7) is 18.4. The summed E-state index contributed by atoms with van der Waals surface area (Å²) in [7, 11) is -2.21. The molecule has 0 radical (unpaired) electrons. The molecule has 0 aromatic carbocycles. The number of allylic oxidation sites excluding steroid dienone is 4. The Morgan fingerprint density at radius 3 is 1.71 bits per heavy atom. The average Bonchev–Trinajstić information content (AvgIpc) is 2.71. The molecule has 0 N–H and O–H groups in total. The van der Waals surface area contributed by atoms with Crippen LogP contribution in [0.3, 0.4) is 0 Å². The molecule has 2 aliphatic rings. The molecule has 2 unspecified atom stereocenters. The Morgan fingerprint density at radius 2 is 1.38 bits per heavy atom. The summed E-state index contributed by atoms with van der Waals surface area (Å²) in [5.74, 6) is 1.62. The van der Waals surface area contributed by atoms with Gasteiger partial charge in [0, 0.05) is 0 Å². The van der Waals surface area contributed by atoms with Gasteiger partial charge in [0.15, 0.2) is 0 Å². The molecule has 0 aromatic rings. The second-order valence-corrected chi connectivity index (χ2v) is 30.6. The molecule has 1 nitrogen and oxygen atoms in total. The predicted octanol–water partition coefficient (Wildman–Crippen LogP) is 0.165. The first-order valence-electron chi connectivity index (χ1n) is 8.35. The minimum absolute atomic E-state index is 0. The van der Waals surface area contributed by atoms with E-state index >= 15 is 0 Å². The normalized spacial score (nSPS) is 21.1. The van der Waals surface area contributed by atoms with Gasteiger partial charge in [-0.3, -0.25) is 0 Å². The minimum Gasteiger partial charge on any atom is -1.00 e. The first-order valence-corrected chi connectivity index (χ1v) is 23.1. The molecule has 0 aromatic heterocycles. The molecule has 0 bridgehead atoms. The van der Waals surface area contributed by atoms with Gasteiger partial charge in [0.2, 0.25) is 0 Å². The van der Waals surface area contributed by atoms with Crippen LogP contribution in [0.2, 0.25) is 52.4 Å². The molecule has 0 aliphatic heterocycles. The van der Waals surface area contributed by atoms with Crippen LogP contribution in [-0.2, 0) is 23.0 Å². The van der Waals surface area contributed by atoms with Crippen molar-refractivity contribution in [3.63, 3.8) is 0 Å². The van der Waals surface area contributed by atoms with E-state index in [1.54, 1.807) is 0 Å². The average molecular weight is 587 g/mol. The first kappa shape index (κ1) is 30.3. The monoisotopic (exact) mass is 587 g/mol. The van der Waals surface area contributed by atoms with Crippen LogP contribution in [0.15, 0.2) is 24.3 Å². The second-order valence-electron chi connectivity index (χ2n) is 8.28. The summed E-state index contributed by atoms with van der Waals surface area (Å²) in [6.07, 6.45) is 14.1. The minimum atomic E-state index is -1.11. The van der Waals surface area contributed by atoms with Crippen molar-refractivity contribution in [1.29, 1.82) is 0 Å². The van der Waals surface area contributed by atoms with Crippen LogP contribution in [0.4, 0.5) is 0 Å². The van der Waals surface area contributed by atoms with E-state index in [1.807, 2.05) is 0 Å². The number of fused-ring (bicyclic) bond motifs is 1. The Balaban J connectivity index is -0.000000283. The SMILES string of the molecule is C1=CC2[CH-]CCC2C=C1.C[Si](C)(C)[N-][Si](C)(C)C.C[Si](C)=[Hf+2].[Cl-].[Cl-]. The van der Waals surface area contributed by atoms with Crippen molar-refractivity contribution in [2.75, 3.05) is 0 Å². The molecule has 0 amide bonds. The van der Waals surface area contributed by atoms with Crippen molar-refractivity contribution in [2.45, 2.75) is 65.2 Å². The van der Waals surface area contributed by atoms with Crippen LogP contribution in [0.25, 0.3) is 4.65 Å². The topological polar surface area (TPSA) is 14.1 Å². The molecule has 24 heavy (non-hydrogen) atoms. The van der Waals surface area contributed by atoms with E-state index in [0.717, 1.165) is 11.8 Å². The Hall–Kier alpha value is 1.54. The Morgan fingerprint density at radius 1 is 0.958 bits per heavy atom. The number of hydrogen-bond acceptors (Lipinski definition) is 0. The van der Waals surface area contributed by atoms with Gasteiger partial charge in [0.1, 0.15) is 0 Å². The fourth-order valence-corrected chi connectivity index (χ4v) is 10.7. The quantitative estimate of drug-likeness (QED) is 0.324. The summed E-state index contributed by atoms with van der Waals surface area (Å²) in [6, 6.07) is 0. The van der Waals surface area contributed by atoms with E-state index in [-0.39, 0.29) is 30.3 Å². The van der Waals surface area contributed by atoms with Gasteiger partial charge in [-0.2, -0.15) is 6.42 Å². The summed E-state index contributed by atoms with van der Waals surface area (Å²) < 4.78 is 4.82. The third-order valence-corrected chi connectivity index (χ3v) is 8.27. The van der Waals surface area contributed by atoms with Gasteiger partial charge in [0.05, 0.1) is 0 Å². The standard InChI is InChI=1S/C9H11.C6H18NSi2.C2H6Si.2ClH.Hf/c1-2-5-9-7-3-6-8(9)4-1;1-8(2,3)7-9(4,5)6;1-3-2;;;/h1-2,4-6,8-9H,3,7H2;1-6H3;1-2H3;2*1H;/q2*-1;;;;+2/p-2. The summed E-state index contributed by atoms with van der Waals surface area (Å²) >= 11 is 1.45. The molecule has 1 saturated carbocycles. The molecular weight excluding hydrogens is 552 g/mol. The Bertz CT molecular complexity index is 368. The fourth-order valence-electron chi connectivity index (χ4n) is 2.70. The van der Waals surface area contributed by atoms with Gasteiger partial charge in [-0.25, -0.2) is 0 Å². The van der Waals surface area contributed by atoms with Gasteiger partial charge < -0.3 is 35.9 Å². The van der Waals surface area contributed by atoms with Crippen LogP contribution < -0.4 is 24.8 Å². The maximum absolute atomic E-state index is 4.82. The van der Waals surface area contributed by atoms with Gasteiger partial charge >= 0.3 is 41.6 Å². The van der Waals surface area contributed by atoms with Crippen molar-refractivity contribution in [3.8, 4) is 0 Å². The van der Waals surface area contributed by atoms with E-state index in [0.29, 0.717) is 0 Å². The Kier molecular flexibility index (Phi) is 18.4. The summed E-state index contributed by atoms with van der Waals surface area (Å²) in [4.78, 5) is 0. The van der Waals surface area contributed by atoms with Gasteiger partial charge in [-0.15, -0.1) is 12.0 Å². The van der Waals surface area contributed by atoms with Crippen LogP contribution in [0.1, 0.15) is 12.8 Å². The van der Waals surface area contributed by atoms with Crippen LogP contribution in [0, 0.1) is 18.3 Å². The number of rotatable bonds is 2. The summed E-state index contributed by atoms with van der Waals surface area (Å²) in [5, 5.41) is 0. The molecule has 0 heterocycles. The van der Waals surface area contributed by atoms with E-state index in [1.165, 1.54) is 35.8 Å². The molecule has 7 heteroatoms. The molecule has 1 fully saturated rings. The van der Waals surface area contributed by atoms with E-state index in [2.05, 4.69) is 83.1 Å². The maximum Gasteiger partial charge on any atom is -1.00 e. The van der Waals surface area contributed by atoms with Crippen molar-refractivity contribution in [3.05, 3.63) is 35.4 Å². The van der Waals surface area contributed by atoms with E-state index in [9.17, 15) is 0 Å². The largest absolute Gasteiger partial charge is 1.00 e. The second kappa shape index (κ2) is 14.6. The van der Waals surface area contributed by atoms with Crippen molar-refractivity contribution in [2.24, 2.45) is 11.8 Å². The predicted molar refractivity (Wildman–Crippen MR) is 106 cm³/mol. The van der Waals surface area contributed by atoms with Gasteiger partial charge in [-0.1, -0.05) is 80.4 Å². The van der Waals surface area contributed by atoms with E-state index < -0.39 is 16.5 Å². The zero-order valence-corrected chi connectivity index (χ0v) is 24.8. The third kappa shape index (κ3) is 19.9. The molecule has 2 aliphatic carbocycles. The van der Waals surface area contributed by atoms with Crippen LogP contribution in [-0.4, -0.2) is 22.0 Å². The Labute approximate surface area is 181 Å². The molecule has 2 atom stereocenters. The van der Waals surface area contributed by atoms with Crippen molar-refractivity contribution in [1.82, 2.24) is 0 Å². The zero-order chi connectivity index (χ0) is 17.4. The molecule has 140 valence electrons. The van der Waals surface area contributed by atoms with Crippen LogP contribution >= 0.6 is 0 Å². The van der Waals surface area contributed by atoms with E-state index in [4.69, 9.17) is 4.65 Å². The number of halogens is 2. The molecule has 0 saturated heterocycles. The number of nitrogens with zero attached hydrogens (tertiary/aromatic N) is 1. The van der Waals surface area contributed by atoms with Gasteiger partial charge in [-0.05, 0) is 5.92 Å². The third-order valence-electron chi connectivity index (χ3n) is 2.91.